The van der Waals surface area contributed by atoms with Crippen molar-refractivity contribution < 1.29 is 19.1 Å². The zero-order chi connectivity index (χ0) is 19.4. The van der Waals surface area contributed by atoms with Crippen molar-refractivity contribution in [1.82, 2.24) is 5.32 Å². The Bertz CT molecular complexity index is 687. The van der Waals surface area contributed by atoms with E-state index in [1.807, 2.05) is 31.2 Å². The smallest absolute Gasteiger partial charge is 0.309 e. The number of fused-ring (bicyclic) bond motifs is 2. The van der Waals surface area contributed by atoms with Gasteiger partial charge >= 0.3 is 5.97 Å². The average molecular weight is 436 g/mol. The summed E-state index contributed by atoms with van der Waals surface area (Å²) in [5, 5.41) is 2.92. The molecular weight excluding hydrogens is 410 g/mol. The van der Waals surface area contributed by atoms with Gasteiger partial charge in [0.25, 0.3) is 5.91 Å². The standard InChI is InChI=1S/C21H26BrNO4/c1-2-18(13-6-8-17(22)9-7-13)23-19(24)12-27-21(26)16-10-14-4-3-5-15(11-16)20(14)25/h6-9,14-16,18H,2-5,10-12H2,1H3,(H,23,24)/t14-,15+,16?,18-/m0/s1. The molecule has 2 aliphatic carbocycles. The molecule has 1 N–H and O–H groups in total. The monoisotopic (exact) mass is 435 g/mol. The Morgan fingerprint density at radius 3 is 2.41 bits per heavy atom. The molecule has 146 valence electrons. The molecule has 0 spiro atoms. The normalized spacial score (nSPS) is 25.6. The minimum absolute atomic E-state index is 0.00533. The lowest BCUT2D eigenvalue weighted by atomic mass is 9.67. The summed E-state index contributed by atoms with van der Waals surface area (Å²) < 4.78 is 6.26. The minimum atomic E-state index is -0.341. The Labute approximate surface area is 168 Å². The summed E-state index contributed by atoms with van der Waals surface area (Å²) in [6.45, 7) is 1.72. The van der Waals surface area contributed by atoms with Crippen molar-refractivity contribution in [2.45, 2.75) is 51.5 Å². The predicted octanol–water partition coefficient (Wildman–Crippen LogP) is 3.96. The maximum Gasteiger partial charge on any atom is 0.309 e. The Morgan fingerprint density at radius 1 is 1.19 bits per heavy atom. The van der Waals surface area contributed by atoms with Gasteiger partial charge in [0.15, 0.2) is 6.61 Å². The molecule has 2 saturated carbocycles. The Morgan fingerprint density at radius 2 is 1.81 bits per heavy atom. The van der Waals surface area contributed by atoms with E-state index in [-0.39, 0.29) is 42.3 Å². The van der Waals surface area contributed by atoms with Crippen LogP contribution in [0.25, 0.3) is 0 Å². The minimum Gasteiger partial charge on any atom is -0.455 e. The van der Waals surface area contributed by atoms with E-state index in [0.29, 0.717) is 18.6 Å². The van der Waals surface area contributed by atoms with Gasteiger partial charge in [-0.3, -0.25) is 14.4 Å². The van der Waals surface area contributed by atoms with E-state index in [1.165, 1.54) is 0 Å². The number of carbonyl (C=O) groups excluding carboxylic acids is 3. The van der Waals surface area contributed by atoms with Crippen molar-refractivity contribution in [1.29, 1.82) is 0 Å². The van der Waals surface area contributed by atoms with Gasteiger partial charge in [-0.1, -0.05) is 41.4 Å². The third kappa shape index (κ3) is 4.98. The number of benzene rings is 1. The van der Waals surface area contributed by atoms with Gasteiger partial charge in [0, 0.05) is 16.3 Å². The lowest BCUT2D eigenvalue weighted by Crippen LogP contribution is -2.40. The number of esters is 1. The van der Waals surface area contributed by atoms with Gasteiger partial charge in [0.2, 0.25) is 0 Å². The quantitative estimate of drug-likeness (QED) is 0.686. The molecule has 0 aromatic heterocycles. The summed E-state index contributed by atoms with van der Waals surface area (Å²) in [7, 11) is 0. The Hall–Kier alpha value is -1.69. The lowest BCUT2D eigenvalue weighted by Gasteiger charge is -2.36. The van der Waals surface area contributed by atoms with E-state index >= 15 is 0 Å². The molecule has 0 radical (unpaired) electrons. The van der Waals surface area contributed by atoms with E-state index in [2.05, 4.69) is 21.2 Å². The SMILES string of the molecule is CC[C@H](NC(=O)COC(=O)C1C[C@H]2CCC[C@@H](C1)C2=O)c1ccc(Br)cc1. The van der Waals surface area contributed by atoms with Gasteiger partial charge in [-0.05, 0) is 49.8 Å². The maximum atomic E-state index is 12.4. The summed E-state index contributed by atoms with van der Waals surface area (Å²) in [5.74, 6) is -0.560. The zero-order valence-electron chi connectivity index (χ0n) is 15.6. The highest BCUT2D eigenvalue weighted by Crippen LogP contribution is 2.40. The van der Waals surface area contributed by atoms with Gasteiger partial charge in [-0.15, -0.1) is 0 Å². The number of ether oxygens (including phenoxy) is 1. The number of Topliss-reactive ketones (excluding diaryl/α,β-unsaturated/α-hetero) is 1. The fraction of sp³-hybridized carbons (Fsp3) is 0.571. The molecule has 0 saturated heterocycles. The van der Waals surface area contributed by atoms with Crippen LogP contribution in [0.15, 0.2) is 28.7 Å². The first-order chi connectivity index (χ1) is 13.0. The number of amides is 1. The average Bonchev–Trinajstić information content (AvgIpc) is 2.64. The van der Waals surface area contributed by atoms with Crippen LogP contribution in [0.1, 0.15) is 57.1 Å². The molecule has 6 heteroatoms. The Kier molecular flexibility index (Phi) is 6.68. The van der Waals surface area contributed by atoms with Crippen LogP contribution < -0.4 is 5.32 Å². The highest BCUT2D eigenvalue weighted by molar-refractivity contribution is 9.10. The van der Waals surface area contributed by atoms with Gasteiger partial charge < -0.3 is 10.1 Å². The Balaban J connectivity index is 1.49. The van der Waals surface area contributed by atoms with Crippen LogP contribution in [0.3, 0.4) is 0 Å². The van der Waals surface area contributed by atoms with Crippen molar-refractivity contribution in [3.8, 4) is 0 Å². The fourth-order valence-electron chi connectivity index (χ4n) is 4.28. The molecule has 1 aromatic rings. The number of nitrogens with one attached hydrogen (secondary N) is 1. The molecule has 1 amide bonds. The van der Waals surface area contributed by atoms with Crippen LogP contribution >= 0.6 is 15.9 Å². The van der Waals surface area contributed by atoms with Gasteiger partial charge in [0.1, 0.15) is 5.78 Å². The van der Waals surface area contributed by atoms with Crippen molar-refractivity contribution in [3.63, 3.8) is 0 Å². The number of hydrogen-bond acceptors (Lipinski definition) is 4. The van der Waals surface area contributed by atoms with E-state index < -0.39 is 0 Å². The number of rotatable bonds is 6. The van der Waals surface area contributed by atoms with E-state index in [4.69, 9.17) is 4.74 Å². The van der Waals surface area contributed by atoms with Gasteiger partial charge in [0.05, 0.1) is 12.0 Å². The second-order valence-electron chi connectivity index (χ2n) is 7.58. The summed E-state index contributed by atoms with van der Waals surface area (Å²) in [6, 6.07) is 7.68. The zero-order valence-corrected chi connectivity index (χ0v) is 17.2. The van der Waals surface area contributed by atoms with E-state index in [0.717, 1.165) is 35.7 Å². The maximum absolute atomic E-state index is 12.4. The third-order valence-electron chi connectivity index (χ3n) is 5.74. The molecule has 4 atom stereocenters. The van der Waals surface area contributed by atoms with Crippen LogP contribution in [0.5, 0.6) is 0 Å². The first-order valence-electron chi connectivity index (χ1n) is 9.73. The second kappa shape index (κ2) is 9.00. The molecule has 1 aromatic carbocycles. The third-order valence-corrected chi connectivity index (χ3v) is 6.27. The molecule has 3 rings (SSSR count). The van der Waals surface area contributed by atoms with Crippen LogP contribution in [0, 0.1) is 17.8 Å². The summed E-state index contributed by atoms with van der Waals surface area (Å²) in [6.07, 6.45) is 4.73. The van der Waals surface area contributed by atoms with Crippen molar-refractivity contribution in [2.24, 2.45) is 17.8 Å². The topological polar surface area (TPSA) is 72.5 Å². The highest BCUT2D eigenvalue weighted by atomic mass is 79.9. The van der Waals surface area contributed by atoms with Crippen LogP contribution in [0.4, 0.5) is 0 Å². The summed E-state index contributed by atoms with van der Waals surface area (Å²) >= 11 is 3.40. The fourth-order valence-corrected chi connectivity index (χ4v) is 4.54. The molecule has 27 heavy (non-hydrogen) atoms. The first kappa shape index (κ1) is 20.1. The molecule has 0 aliphatic heterocycles. The first-order valence-corrected chi connectivity index (χ1v) is 10.5. The molecule has 2 fully saturated rings. The molecule has 1 unspecified atom stereocenters. The molecular formula is C21H26BrNO4. The number of ketones is 1. The van der Waals surface area contributed by atoms with Gasteiger partial charge in [-0.25, -0.2) is 0 Å². The van der Waals surface area contributed by atoms with Crippen LogP contribution in [-0.4, -0.2) is 24.3 Å². The van der Waals surface area contributed by atoms with Crippen molar-refractivity contribution in [3.05, 3.63) is 34.3 Å². The largest absolute Gasteiger partial charge is 0.455 e. The molecule has 2 aliphatic rings. The van der Waals surface area contributed by atoms with Gasteiger partial charge in [-0.2, -0.15) is 0 Å². The number of carbonyl (C=O) groups is 3. The molecule has 2 bridgehead atoms. The summed E-state index contributed by atoms with van der Waals surface area (Å²) in [5.41, 5.74) is 1.01. The predicted molar refractivity (Wildman–Crippen MR) is 105 cm³/mol. The molecule has 0 heterocycles. The highest BCUT2D eigenvalue weighted by Gasteiger charge is 2.41. The van der Waals surface area contributed by atoms with E-state index in [1.54, 1.807) is 0 Å². The van der Waals surface area contributed by atoms with Crippen LogP contribution in [0.2, 0.25) is 0 Å². The second-order valence-corrected chi connectivity index (χ2v) is 8.50. The summed E-state index contributed by atoms with van der Waals surface area (Å²) in [4.78, 5) is 36.8. The lowest BCUT2D eigenvalue weighted by molar-refractivity contribution is -0.156. The number of hydrogen-bond donors (Lipinski definition) is 1. The molecule has 5 nitrogen and oxygen atoms in total. The van der Waals surface area contributed by atoms with Crippen molar-refractivity contribution in [2.75, 3.05) is 6.61 Å². The van der Waals surface area contributed by atoms with Crippen molar-refractivity contribution >= 4 is 33.6 Å². The number of halogens is 1. The van der Waals surface area contributed by atoms with E-state index in [9.17, 15) is 14.4 Å². The van der Waals surface area contributed by atoms with Crippen LogP contribution in [-0.2, 0) is 19.1 Å².